The average molecular weight is 430 g/mol. The van der Waals surface area contributed by atoms with E-state index in [-0.39, 0.29) is 17.0 Å². The van der Waals surface area contributed by atoms with Crippen LogP contribution in [0.1, 0.15) is 42.9 Å². The van der Waals surface area contributed by atoms with Gasteiger partial charge in [0.2, 0.25) is 5.91 Å². The topological polar surface area (TPSA) is 202 Å². The van der Waals surface area contributed by atoms with Gasteiger partial charge < -0.3 is 26.0 Å². The Labute approximate surface area is 174 Å². The lowest BCUT2D eigenvalue weighted by molar-refractivity contribution is -0.119. The molecule has 1 amide bonds. The number of carbonyl (C=O) groups excluding carboxylic acids is 3. The van der Waals surface area contributed by atoms with E-state index < -0.39 is 29.9 Å². The first-order valence-electron chi connectivity index (χ1n) is 8.45. The summed E-state index contributed by atoms with van der Waals surface area (Å²) in [5.74, 6) is -3.00. The number of hydrogen-bond donors (Lipinski definition) is 3. The molecule has 0 bridgehead atoms. The van der Waals surface area contributed by atoms with Crippen molar-refractivity contribution in [2.45, 2.75) is 6.04 Å². The minimum Gasteiger partial charge on any atom is -0.477 e. The molecule has 0 aliphatic heterocycles. The number of nitrogens with two attached hydrogens (primary N) is 2. The highest BCUT2D eigenvalue weighted by atomic mass is 16.5. The molecular weight excluding hydrogens is 412 g/mol. The van der Waals surface area contributed by atoms with Gasteiger partial charge >= 0.3 is 17.9 Å². The number of aromatic nitrogens is 4. The normalized spacial score (nSPS) is 11.1. The summed E-state index contributed by atoms with van der Waals surface area (Å²) in [6.45, 7) is 0. The highest BCUT2D eigenvalue weighted by molar-refractivity contribution is 5.93. The summed E-state index contributed by atoms with van der Waals surface area (Å²) >= 11 is 0. The van der Waals surface area contributed by atoms with Crippen molar-refractivity contribution in [2.75, 3.05) is 14.2 Å². The van der Waals surface area contributed by atoms with Gasteiger partial charge in [0, 0.05) is 6.07 Å². The molecule has 3 aromatic rings. The van der Waals surface area contributed by atoms with Gasteiger partial charge in [-0.1, -0.05) is 17.3 Å². The van der Waals surface area contributed by atoms with Crippen molar-refractivity contribution in [1.82, 2.24) is 19.8 Å². The molecule has 0 fully saturated rings. The molecule has 2 aromatic heterocycles. The Hall–Kier alpha value is -4.39. The fourth-order valence-electron chi connectivity index (χ4n) is 2.29. The number of esters is 2. The zero-order chi connectivity index (χ0) is 23.1. The van der Waals surface area contributed by atoms with E-state index in [0.29, 0.717) is 11.1 Å². The molecule has 0 spiro atoms. The fraction of sp³-hybridized carbons (Fsp3) is 0.167. The molecule has 0 unspecified atom stereocenters. The van der Waals surface area contributed by atoms with Crippen molar-refractivity contribution >= 4 is 29.5 Å². The number of fused-ring (bicyclic) bond motifs is 1. The number of amides is 1. The molecule has 3 rings (SSSR count). The van der Waals surface area contributed by atoms with E-state index in [1.54, 1.807) is 12.1 Å². The minimum atomic E-state index is -1.24. The van der Waals surface area contributed by atoms with Gasteiger partial charge in [-0.25, -0.2) is 19.4 Å². The second-order valence-electron chi connectivity index (χ2n) is 5.82. The predicted octanol–water partition coefficient (Wildman–Crippen LogP) is -0.433. The van der Waals surface area contributed by atoms with Gasteiger partial charge in [-0.15, -0.1) is 5.10 Å². The van der Waals surface area contributed by atoms with Crippen LogP contribution in [-0.4, -0.2) is 63.0 Å². The SMILES string of the molecule is COC(=O)c1cc(C(=O)O)nc2cnnn12.COC(=O)c1ccc([C@@H](N)C(N)=O)cc1. The number of nitrogens with zero attached hydrogens (tertiary/aromatic N) is 4. The van der Waals surface area contributed by atoms with Crippen LogP contribution in [0.4, 0.5) is 0 Å². The first-order valence-corrected chi connectivity index (χ1v) is 8.45. The van der Waals surface area contributed by atoms with Crippen LogP contribution in [-0.2, 0) is 14.3 Å². The second kappa shape index (κ2) is 9.89. The monoisotopic (exact) mass is 430 g/mol. The molecule has 0 aliphatic carbocycles. The number of carboxylic acid groups (broad SMARTS) is 1. The Morgan fingerprint density at radius 2 is 1.68 bits per heavy atom. The van der Waals surface area contributed by atoms with E-state index in [0.717, 1.165) is 10.6 Å². The van der Waals surface area contributed by atoms with E-state index in [9.17, 15) is 19.2 Å². The molecule has 162 valence electrons. The summed E-state index contributed by atoms with van der Waals surface area (Å²) in [5.41, 5.74) is 11.4. The second-order valence-corrected chi connectivity index (χ2v) is 5.82. The Kier molecular flexibility index (Phi) is 7.30. The Balaban J connectivity index is 0.000000221. The zero-order valence-electron chi connectivity index (χ0n) is 16.4. The van der Waals surface area contributed by atoms with Crippen LogP contribution in [0.15, 0.2) is 36.5 Å². The molecule has 13 heteroatoms. The van der Waals surface area contributed by atoms with Crippen LogP contribution in [0, 0.1) is 0 Å². The van der Waals surface area contributed by atoms with Crippen molar-refractivity contribution < 1.29 is 33.8 Å². The molecule has 13 nitrogen and oxygen atoms in total. The summed E-state index contributed by atoms with van der Waals surface area (Å²) < 4.78 is 10.1. The molecule has 2 heterocycles. The first-order chi connectivity index (χ1) is 14.7. The zero-order valence-corrected chi connectivity index (χ0v) is 16.4. The van der Waals surface area contributed by atoms with Crippen molar-refractivity contribution in [2.24, 2.45) is 11.5 Å². The van der Waals surface area contributed by atoms with E-state index in [1.807, 2.05) is 0 Å². The van der Waals surface area contributed by atoms with E-state index in [2.05, 4.69) is 24.8 Å². The van der Waals surface area contributed by atoms with E-state index in [1.165, 1.54) is 32.5 Å². The number of benzene rings is 1. The van der Waals surface area contributed by atoms with Crippen LogP contribution in [0.3, 0.4) is 0 Å². The number of hydrogen-bond acceptors (Lipinski definition) is 10. The maximum atomic E-state index is 11.4. The maximum Gasteiger partial charge on any atom is 0.356 e. The van der Waals surface area contributed by atoms with Crippen molar-refractivity contribution in [1.29, 1.82) is 0 Å². The summed E-state index contributed by atoms with van der Waals surface area (Å²) in [4.78, 5) is 47.7. The standard InChI is InChI=1S/C10H12N2O3.C8H6N4O4/c1-15-10(14)7-4-2-6(3-5-7)8(11)9(12)13;1-16-8(15)5-2-4(7(13)14)10-6-3-9-11-12(5)6/h2-5,8H,11H2,1H3,(H2,12,13);2-3H,1H3,(H,13,14)/t8-;/m1./s1. The third-order valence-electron chi connectivity index (χ3n) is 3.88. The third-order valence-corrected chi connectivity index (χ3v) is 3.88. The molecule has 1 atom stereocenters. The van der Waals surface area contributed by atoms with Gasteiger partial charge in [0.15, 0.2) is 17.0 Å². The quantitative estimate of drug-likeness (QED) is 0.443. The molecular formula is C18H18N6O7. The van der Waals surface area contributed by atoms with Crippen molar-refractivity contribution in [3.05, 3.63) is 59.0 Å². The summed E-state index contributed by atoms with van der Waals surface area (Å²) in [5, 5.41) is 15.9. The van der Waals surface area contributed by atoms with E-state index >= 15 is 0 Å². The Bertz CT molecular complexity index is 1130. The minimum absolute atomic E-state index is 0.0394. The van der Waals surface area contributed by atoms with Crippen molar-refractivity contribution in [3.8, 4) is 0 Å². The molecule has 5 N–H and O–H groups in total. The number of ether oxygens (including phenoxy) is 2. The van der Waals surface area contributed by atoms with Gasteiger partial charge in [-0.3, -0.25) is 4.79 Å². The van der Waals surface area contributed by atoms with Crippen LogP contribution in [0.25, 0.3) is 5.65 Å². The average Bonchev–Trinajstić information content (AvgIpc) is 3.26. The number of rotatable bonds is 5. The van der Waals surface area contributed by atoms with Gasteiger partial charge in [-0.2, -0.15) is 4.52 Å². The summed E-state index contributed by atoms with van der Waals surface area (Å²) in [6, 6.07) is 6.43. The highest BCUT2D eigenvalue weighted by Crippen LogP contribution is 2.12. The van der Waals surface area contributed by atoms with Crippen molar-refractivity contribution in [3.63, 3.8) is 0 Å². The van der Waals surface area contributed by atoms with Gasteiger partial charge in [0.25, 0.3) is 0 Å². The predicted molar refractivity (Wildman–Crippen MR) is 103 cm³/mol. The lowest BCUT2D eigenvalue weighted by Crippen LogP contribution is -2.28. The third kappa shape index (κ3) is 5.36. The van der Waals surface area contributed by atoms with Crippen LogP contribution < -0.4 is 11.5 Å². The summed E-state index contributed by atoms with van der Waals surface area (Å²) in [7, 11) is 2.48. The molecule has 0 aliphatic rings. The first kappa shape index (κ1) is 22.9. The van der Waals surface area contributed by atoms with Gasteiger partial charge in [0.05, 0.1) is 26.0 Å². The smallest absolute Gasteiger partial charge is 0.356 e. The molecule has 0 saturated heterocycles. The molecule has 31 heavy (non-hydrogen) atoms. The van der Waals surface area contributed by atoms with E-state index in [4.69, 9.17) is 16.6 Å². The number of aromatic carboxylic acids is 1. The van der Waals surface area contributed by atoms with Crippen LogP contribution >= 0.6 is 0 Å². The Morgan fingerprint density at radius 1 is 1.06 bits per heavy atom. The number of methoxy groups -OCH3 is 2. The lowest BCUT2D eigenvalue weighted by atomic mass is 10.1. The number of carboxylic acids is 1. The van der Waals surface area contributed by atoms with Gasteiger partial charge in [0.1, 0.15) is 6.04 Å². The van der Waals surface area contributed by atoms with Crippen LogP contribution in [0.2, 0.25) is 0 Å². The van der Waals surface area contributed by atoms with Gasteiger partial charge in [-0.05, 0) is 17.7 Å². The number of primary amides is 1. The largest absolute Gasteiger partial charge is 0.477 e. The summed E-state index contributed by atoms with van der Waals surface area (Å²) in [6.07, 6.45) is 1.25. The fourth-order valence-corrected chi connectivity index (χ4v) is 2.29. The highest BCUT2D eigenvalue weighted by Gasteiger charge is 2.17. The molecule has 0 radical (unpaired) electrons. The maximum absolute atomic E-state index is 11.4. The molecule has 0 saturated carbocycles. The lowest BCUT2D eigenvalue weighted by Gasteiger charge is -2.07. The number of carbonyl (C=O) groups is 4. The van der Waals surface area contributed by atoms with Crippen LogP contribution in [0.5, 0.6) is 0 Å². The molecule has 1 aromatic carbocycles. The Morgan fingerprint density at radius 3 is 2.19 bits per heavy atom.